The largest absolute Gasteiger partial charge is 0.368 e. The average Bonchev–Trinajstić information content (AvgIpc) is 3.22. The fraction of sp³-hybridized carbons (Fsp3) is 0.368. The van der Waals surface area contributed by atoms with Gasteiger partial charge in [0.15, 0.2) is 0 Å². The Bertz CT molecular complexity index is 1020. The molecule has 1 amide bonds. The number of carbonyl (C=O) groups is 1. The third-order valence-corrected chi connectivity index (χ3v) is 4.99. The number of rotatable bonds is 3. The smallest absolute Gasteiger partial charge is 0.271 e. The topological polar surface area (TPSA) is 87.1 Å². The zero-order valence-corrected chi connectivity index (χ0v) is 15.4. The van der Waals surface area contributed by atoms with Crippen molar-refractivity contribution in [2.45, 2.75) is 19.9 Å². The monoisotopic (exact) mass is 366 g/mol. The van der Waals surface area contributed by atoms with Gasteiger partial charge in [-0.1, -0.05) is 0 Å². The van der Waals surface area contributed by atoms with Crippen molar-refractivity contribution in [1.29, 1.82) is 0 Å². The van der Waals surface area contributed by atoms with Crippen LogP contribution < -0.4 is 10.5 Å². The standard InChI is InChI=1S/C19H22N6O2/c1-13(2)25-12-20-17-11-14(3-4-15(17)18(25)26)23-7-9-24(10-8-23)19(27)16-5-6-21-22-16/h3-6,11-13H,7-10H2,1-2H3,(H,21,22). The third kappa shape index (κ3) is 3.18. The number of hydrogen-bond acceptors (Lipinski definition) is 5. The van der Waals surface area contributed by atoms with Gasteiger partial charge < -0.3 is 9.80 Å². The Morgan fingerprint density at radius 1 is 1.15 bits per heavy atom. The lowest BCUT2D eigenvalue weighted by Gasteiger charge is -2.36. The van der Waals surface area contributed by atoms with Crippen LogP contribution >= 0.6 is 0 Å². The Balaban J connectivity index is 1.51. The highest BCUT2D eigenvalue weighted by molar-refractivity contribution is 5.92. The maximum absolute atomic E-state index is 12.5. The minimum Gasteiger partial charge on any atom is -0.368 e. The van der Waals surface area contributed by atoms with E-state index in [0.29, 0.717) is 29.7 Å². The number of benzene rings is 1. The normalized spacial score (nSPS) is 14.9. The number of hydrogen-bond donors (Lipinski definition) is 1. The first-order valence-corrected chi connectivity index (χ1v) is 9.09. The highest BCUT2D eigenvalue weighted by Crippen LogP contribution is 2.21. The van der Waals surface area contributed by atoms with Crippen LogP contribution in [0.2, 0.25) is 0 Å². The quantitative estimate of drug-likeness (QED) is 0.762. The predicted octanol–water partition coefficient (Wildman–Crippen LogP) is 1.66. The number of amides is 1. The van der Waals surface area contributed by atoms with Crippen LogP contribution in [-0.2, 0) is 0 Å². The second-order valence-corrected chi connectivity index (χ2v) is 7.00. The number of aromatic amines is 1. The maximum atomic E-state index is 12.5. The van der Waals surface area contributed by atoms with Crippen molar-refractivity contribution in [3.63, 3.8) is 0 Å². The first kappa shape index (κ1) is 17.3. The Morgan fingerprint density at radius 2 is 1.93 bits per heavy atom. The maximum Gasteiger partial charge on any atom is 0.271 e. The number of fused-ring (bicyclic) bond motifs is 1. The fourth-order valence-electron chi connectivity index (χ4n) is 3.40. The van der Waals surface area contributed by atoms with Gasteiger partial charge in [0.1, 0.15) is 5.69 Å². The number of aromatic nitrogens is 4. The van der Waals surface area contributed by atoms with Gasteiger partial charge in [0.2, 0.25) is 0 Å². The number of H-pyrrole nitrogens is 1. The van der Waals surface area contributed by atoms with Crippen LogP contribution in [0.25, 0.3) is 10.9 Å². The van der Waals surface area contributed by atoms with E-state index in [-0.39, 0.29) is 17.5 Å². The number of carbonyl (C=O) groups excluding carboxylic acids is 1. The molecule has 1 aliphatic heterocycles. The minimum atomic E-state index is -0.0263. The van der Waals surface area contributed by atoms with E-state index in [1.165, 1.54) is 0 Å². The van der Waals surface area contributed by atoms with E-state index in [2.05, 4.69) is 20.1 Å². The van der Waals surface area contributed by atoms with Crippen molar-refractivity contribution in [1.82, 2.24) is 24.6 Å². The molecular weight excluding hydrogens is 344 g/mol. The molecule has 1 fully saturated rings. The zero-order chi connectivity index (χ0) is 19.0. The summed E-state index contributed by atoms with van der Waals surface area (Å²) in [5.41, 5.74) is 2.21. The molecule has 0 saturated carbocycles. The van der Waals surface area contributed by atoms with E-state index in [4.69, 9.17) is 0 Å². The van der Waals surface area contributed by atoms with E-state index in [1.807, 2.05) is 36.9 Å². The second-order valence-electron chi connectivity index (χ2n) is 7.00. The zero-order valence-electron chi connectivity index (χ0n) is 15.4. The second kappa shape index (κ2) is 6.86. The van der Waals surface area contributed by atoms with Gasteiger partial charge in [0.25, 0.3) is 11.5 Å². The van der Waals surface area contributed by atoms with Gasteiger partial charge in [-0.2, -0.15) is 5.10 Å². The lowest BCUT2D eigenvalue weighted by Crippen LogP contribution is -2.48. The molecule has 3 aromatic rings. The molecule has 1 saturated heterocycles. The molecule has 0 atom stereocenters. The Hall–Kier alpha value is -3.16. The summed E-state index contributed by atoms with van der Waals surface area (Å²) in [7, 11) is 0. The summed E-state index contributed by atoms with van der Waals surface area (Å²) >= 11 is 0. The molecule has 1 aliphatic rings. The number of nitrogens with zero attached hydrogens (tertiary/aromatic N) is 5. The predicted molar refractivity (Wildman–Crippen MR) is 103 cm³/mol. The molecule has 0 bridgehead atoms. The van der Waals surface area contributed by atoms with Gasteiger partial charge in [0, 0.05) is 44.1 Å². The fourth-order valence-corrected chi connectivity index (χ4v) is 3.40. The molecule has 0 radical (unpaired) electrons. The van der Waals surface area contributed by atoms with Crippen molar-refractivity contribution in [2.24, 2.45) is 0 Å². The molecular formula is C19H22N6O2. The van der Waals surface area contributed by atoms with E-state index in [9.17, 15) is 9.59 Å². The summed E-state index contributed by atoms with van der Waals surface area (Å²) in [6.45, 7) is 6.67. The summed E-state index contributed by atoms with van der Waals surface area (Å²) in [4.78, 5) is 33.4. The van der Waals surface area contributed by atoms with E-state index < -0.39 is 0 Å². The first-order valence-electron chi connectivity index (χ1n) is 9.09. The van der Waals surface area contributed by atoms with Crippen LogP contribution in [0.3, 0.4) is 0 Å². The number of anilines is 1. The van der Waals surface area contributed by atoms with Crippen molar-refractivity contribution in [2.75, 3.05) is 31.1 Å². The number of nitrogens with one attached hydrogen (secondary N) is 1. The van der Waals surface area contributed by atoms with Crippen molar-refractivity contribution < 1.29 is 4.79 Å². The van der Waals surface area contributed by atoms with Crippen molar-refractivity contribution in [3.8, 4) is 0 Å². The van der Waals surface area contributed by atoms with Gasteiger partial charge in [-0.15, -0.1) is 0 Å². The summed E-state index contributed by atoms with van der Waals surface area (Å²) in [6.07, 6.45) is 3.19. The summed E-state index contributed by atoms with van der Waals surface area (Å²) in [5, 5.41) is 7.18. The van der Waals surface area contributed by atoms with Gasteiger partial charge in [0.05, 0.1) is 17.2 Å². The first-order chi connectivity index (χ1) is 13.0. The van der Waals surface area contributed by atoms with Gasteiger partial charge >= 0.3 is 0 Å². The lowest BCUT2D eigenvalue weighted by atomic mass is 10.2. The van der Waals surface area contributed by atoms with Crippen LogP contribution in [-0.4, -0.2) is 56.7 Å². The molecule has 27 heavy (non-hydrogen) atoms. The summed E-state index contributed by atoms with van der Waals surface area (Å²) < 4.78 is 1.64. The van der Waals surface area contributed by atoms with E-state index in [0.717, 1.165) is 18.8 Å². The van der Waals surface area contributed by atoms with Gasteiger partial charge in [-0.25, -0.2) is 4.98 Å². The molecule has 140 valence electrons. The third-order valence-electron chi connectivity index (χ3n) is 4.99. The van der Waals surface area contributed by atoms with Gasteiger partial charge in [-0.05, 0) is 38.1 Å². The van der Waals surface area contributed by atoms with Crippen LogP contribution in [0.15, 0.2) is 41.6 Å². The van der Waals surface area contributed by atoms with Crippen molar-refractivity contribution in [3.05, 3.63) is 52.8 Å². The molecule has 3 heterocycles. The molecule has 4 rings (SSSR count). The molecule has 8 heteroatoms. The molecule has 8 nitrogen and oxygen atoms in total. The van der Waals surface area contributed by atoms with Crippen LogP contribution in [0, 0.1) is 0 Å². The Labute approximate surface area is 156 Å². The number of piperazine rings is 1. The highest BCUT2D eigenvalue weighted by atomic mass is 16.2. The van der Waals surface area contributed by atoms with E-state index in [1.54, 1.807) is 23.2 Å². The SMILES string of the molecule is CC(C)n1cnc2cc(N3CCN(C(=O)c4ccn[nH]4)CC3)ccc2c1=O. The van der Waals surface area contributed by atoms with Crippen LogP contribution in [0.4, 0.5) is 5.69 Å². The van der Waals surface area contributed by atoms with Crippen LogP contribution in [0.5, 0.6) is 0 Å². The molecule has 0 unspecified atom stereocenters. The molecule has 1 aromatic carbocycles. The Morgan fingerprint density at radius 3 is 2.59 bits per heavy atom. The molecule has 2 aromatic heterocycles. The van der Waals surface area contributed by atoms with Gasteiger partial charge in [-0.3, -0.25) is 19.3 Å². The summed E-state index contributed by atoms with van der Waals surface area (Å²) in [5.74, 6) is -0.0263. The van der Waals surface area contributed by atoms with Crippen LogP contribution in [0.1, 0.15) is 30.4 Å². The molecule has 0 aliphatic carbocycles. The highest BCUT2D eigenvalue weighted by Gasteiger charge is 2.23. The average molecular weight is 366 g/mol. The molecule has 0 spiro atoms. The van der Waals surface area contributed by atoms with E-state index >= 15 is 0 Å². The lowest BCUT2D eigenvalue weighted by molar-refractivity contribution is 0.0741. The molecule has 1 N–H and O–H groups in total. The summed E-state index contributed by atoms with van der Waals surface area (Å²) in [6, 6.07) is 7.53. The minimum absolute atomic E-state index is 0.0171. The Kier molecular flexibility index (Phi) is 4.39. The van der Waals surface area contributed by atoms with Crippen molar-refractivity contribution >= 4 is 22.5 Å².